The van der Waals surface area contributed by atoms with Crippen molar-refractivity contribution in [2.75, 3.05) is 6.54 Å². The highest BCUT2D eigenvalue weighted by atomic mass is 16.3. The number of aliphatic hydroxyl groups is 1. The smallest absolute Gasteiger partial charge is 0.261 e. The molecule has 1 aromatic heterocycles. The number of hydrogen-bond acceptors (Lipinski definition) is 3. The van der Waals surface area contributed by atoms with Gasteiger partial charge in [0.05, 0.1) is 6.10 Å². The van der Waals surface area contributed by atoms with Gasteiger partial charge in [0.25, 0.3) is 11.5 Å². The van der Waals surface area contributed by atoms with Gasteiger partial charge >= 0.3 is 0 Å². The van der Waals surface area contributed by atoms with Crippen LogP contribution in [0.1, 0.15) is 29.9 Å². The lowest BCUT2D eigenvalue weighted by Gasteiger charge is -2.15. The summed E-state index contributed by atoms with van der Waals surface area (Å²) < 4.78 is 0. The summed E-state index contributed by atoms with van der Waals surface area (Å²) in [4.78, 5) is 27.0. The second kappa shape index (κ2) is 7.24. The van der Waals surface area contributed by atoms with E-state index >= 15 is 0 Å². The zero-order chi connectivity index (χ0) is 17.0. The van der Waals surface area contributed by atoms with Crippen molar-refractivity contribution in [3.63, 3.8) is 0 Å². The fraction of sp³-hybridized carbons (Fsp3) is 0.333. The Labute approximate surface area is 135 Å². The van der Waals surface area contributed by atoms with Crippen molar-refractivity contribution < 1.29 is 9.90 Å². The number of nitrogens with one attached hydrogen (secondary N) is 2. The maximum atomic E-state index is 12.2. The van der Waals surface area contributed by atoms with Crippen LogP contribution in [0.25, 0.3) is 11.1 Å². The summed E-state index contributed by atoms with van der Waals surface area (Å²) >= 11 is 0. The number of carbonyl (C=O) groups excluding carboxylic acids is 1. The van der Waals surface area contributed by atoms with Crippen LogP contribution in [0.2, 0.25) is 0 Å². The monoisotopic (exact) mass is 314 g/mol. The summed E-state index contributed by atoms with van der Waals surface area (Å²) in [6, 6.07) is 11.2. The van der Waals surface area contributed by atoms with E-state index in [1.54, 1.807) is 13.0 Å². The molecule has 3 N–H and O–H groups in total. The summed E-state index contributed by atoms with van der Waals surface area (Å²) in [5, 5.41) is 12.4. The first kappa shape index (κ1) is 17.0. The van der Waals surface area contributed by atoms with Crippen LogP contribution < -0.4 is 10.9 Å². The molecule has 0 aliphatic rings. The number of benzene rings is 1. The molecule has 122 valence electrons. The average Bonchev–Trinajstić information content (AvgIpc) is 2.53. The molecule has 5 nitrogen and oxygen atoms in total. The van der Waals surface area contributed by atoms with Gasteiger partial charge in [-0.1, -0.05) is 44.2 Å². The summed E-state index contributed by atoms with van der Waals surface area (Å²) in [7, 11) is 0. The fourth-order valence-corrected chi connectivity index (χ4v) is 2.24. The van der Waals surface area contributed by atoms with Crippen LogP contribution in [0.3, 0.4) is 0 Å². The lowest BCUT2D eigenvalue weighted by atomic mass is 10.0. The topological polar surface area (TPSA) is 82.2 Å². The Hall–Kier alpha value is -2.40. The number of rotatable bonds is 5. The summed E-state index contributed by atoms with van der Waals surface area (Å²) in [6.07, 6.45) is -0.642. The molecular formula is C18H22N2O3. The van der Waals surface area contributed by atoms with Gasteiger partial charge in [-0.05, 0) is 24.5 Å². The van der Waals surface area contributed by atoms with Crippen LogP contribution in [-0.4, -0.2) is 28.6 Å². The van der Waals surface area contributed by atoms with Gasteiger partial charge in [0.2, 0.25) is 0 Å². The lowest BCUT2D eigenvalue weighted by molar-refractivity contribution is 0.0870. The molecule has 0 saturated carbocycles. The van der Waals surface area contributed by atoms with E-state index < -0.39 is 17.6 Å². The number of hydrogen-bond donors (Lipinski definition) is 3. The van der Waals surface area contributed by atoms with Crippen LogP contribution in [0.5, 0.6) is 0 Å². The number of aromatic nitrogens is 1. The molecule has 1 amide bonds. The Morgan fingerprint density at radius 1 is 1.26 bits per heavy atom. The number of aliphatic hydroxyl groups excluding tert-OH is 1. The zero-order valence-electron chi connectivity index (χ0n) is 13.6. The molecule has 1 atom stereocenters. The third-order valence-corrected chi connectivity index (χ3v) is 3.81. The number of amides is 1. The highest BCUT2D eigenvalue weighted by molar-refractivity contribution is 5.95. The molecule has 0 fully saturated rings. The SMILES string of the molecule is Cc1[nH]c(=O)c(C(=O)NCC(O)C(C)C)cc1-c1ccccc1. The number of aryl methyl sites for hydroxylation is 1. The van der Waals surface area contributed by atoms with Crippen molar-refractivity contribution in [3.05, 3.63) is 58.0 Å². The fourth-order valence-electron chi connectivity index (χ4n) is 2.24. The van der Waals surface area contributed by atoms with E-state index in [1.807, 2.05) is 44.2 Å². The van der Waals surface area contributed by atoms with Gasteiger partial charge in [-0.3, -0.25) is 9.59 Å². The Morgan fingerprint density at radius 3 is 2.52 bits per heavy atom. The lowest BCUT2D eigenvalue weighted by Crippen LogP contribution is -2.37. The van der Waals surface area contributed by atoms with Crippen molar-refractivity contribution in [3.8, 4) is 11.1 Å². The van der Waals surface area contributed by atoms with E-state index in [4.69, 9.17) is 0 Å². The average molecular weight is 314 g/mol. The molecule has 1 aromatic carbocycles. The van der Waals surface area contributed by atoms with Crippen molar-refractivity contribution in [1.29, 1.82) is 0 Å². The first-order chi connectivity index (χ1) is 10.9. The molecule has 0 aliphatic heterocycles. The maximum absolute atomic E-state index is 12.2. The number of carbonyl (C=O) groups is 1. The Morgan fingerprint density at radius 2 is 1.91 bits per heavy atom. The van der Waals surface area contributed by atoms with E-state index in [0.717, 1.165) is 11.1 Å². The predicted molar refractivity (Wildman–Crippen MR) is 90.4 cm³/mol. The number of pyridine rings is 1. The molecule has 0 spiro atoms. The summed E-state index contributed by atoms with van der Waals surface area (Å²) in [6.45, 7) is 5.64. The molecule has 1 unspecified atom stereocenters. The van der Waals surface area contributed by atoms with Gasteiger partial charge in [0.15, 0.2) is 0 Å². The van der Waals surface area contributed by atoms with Gasteiger partial charge in [-0.15, -0.1) is 0 Å². The first-order valence-corrected chi connectivity index (χ1v) is 7.65. The van der Waals surface area contributed by atoms with Gasteiger partial charge in [0, 0.05) is 17.8 Å². The van der Waals surface area contributed by atoms with Crippen LogP contribution in [0.4, 0.5) is 0 Å². The molecule has 5 heteroatoms. The van der Waals surface area contributed by atoms with Gasteiger partial charge in [-0.2, -0.15) is 0 Å². The van der Waals surface area contributed by atoms with Crippen molar-refractivity contribution in [1.82, 2.24) is 10.3 Å². The minimum absolute atomic E-state index is 0.0338. The Balaban J connectivity index is 2.29. The molecule has 23 heavy (non-hydrogen) atoms. The summed E-state index contributed by atoms with van der Waals surface area (Å²) in [5.41, 5.74) is 2.06. The highest BCUT2D eigenvalue weighted by Crippen LogP contribution is 2.21. The van der Waals surface area contributed by atoms with E-state index in [1.165, 1.54) is 0 Å². The second-order valence-electron chi connectivity index (χ2n) is 5.94. The third kappa shape index (κ3) is 4.07. The Bertz CT molecular complexity index is 736. The largest absolute Gasteiger partial charge is 0.391 e. The van der Waals surface area contributed by atoms with E-state index in [0.29, 0.717) is 5.69 Å². The van der Waals surface area contributed by atoms with Crippen LogP contribution in [-0.2, 0) is 0 Å². The van der Waals surface area contributed by atoms with Gasteiger partial charge < -0.3 is 15.4 Å². The normalized spacial score (nSPS) is 12.2. The molecule has 1 heterocycles. The maximum Gasteiger partial charge on any atom is 0.261 e. The summed E-state index contributed by atoms with van der Waals surface area (Å²) in [5.74, 6) is -0.449. The molecule has 0 radical (unpaired) electrons. The van der Waals surface area contributed by atoms with E-state index in [9.17, 15) is 14.7 Å². The Kier molecular flexibility index (Phi) is 5.34. The van der Waals surface area contributed by atoms with E-state index in [-0.39, 0.29) is 18.0 Å². The molecule has 0 bridgehead atoms. The van der Waals surface area contributed by atoms with Gasteiger partial charge in [-0.25, -0.2) is 0 Å². The molecule has 2 rings (SSSR count). The second-order valence-corrected chi connectivity index (χ2v) is 5.94. The van der Waals surface area contributed by atoms with Crippen molar-refractivity contribution in [2.24, 2.45) is 5.92 Å². The van der Waals surface area contributed by atoms with Crippen LogP contribution >= 0.6 is 0 Å². The predicted octanol–water partition coefficient (Wildman–Crippen LogP) is 2.10. The molecular weight excluding hydrogens is 292 g/mol. The standard InChI is InChI=1S/C18H22N2O3/c1-11(2)16(21)10-19-17(22)15-9-14(12(3)20-18(15)23)13-7-5-4-6-8-13/h4-9,11,16,21H,10H2,1-3H3,(H,19,22)(H,20,23). The highest BCUT2D eigenvalue weighted by Gasteiger charge is 2.16. The third-order valence-electron chi connectivity index (χ3n) is 3.81. The molecule has 0 aliphatic carbocycles. The molecule has 2 aromatic rings. The van der Waals surface area contributed by atoms with Crippen LogP contribution in [0.15, 0.2) is 41.2 Å². The minimum atomic E-state index is -0.642. The number of H-pyrrole nitrogens is 1. The minimum Gasteiger partial charge on any atom is -0.391 e. The van der Waals surface area contributed by atoms with Crippen LogP contribution in [0, 0.1) is 12.8 Å². The zero-order valence-corrected chi connectivity index (χ0v) is 13.6. The first-order valence-electron chi connectivity index (χ1n) is 7.65. The number of aromatic amines is 1. The molecule has 0 saturated heterocycles. The van der Waals surface area contributed by atoms with E-state index in [2.05, 4.69) is 10.3 Å². The van der Waals surface area contributed by atoms with Crippen molar-refractivity contribution in [2.45, 2.75) is 26.9 Å². The quantitative estimate of drug-likeness (QED) is 0.790. The van der Waals surface area contributed by atoms with Gasteiger partial charge in [0.1, 0.15) is 5.56 Å². The van der Waals surface area contributed by atoms with Crippen molar-refractivity contribution >= 4 is 5.91 Å².